The third kappa shape index (κ3) is 3.73. The van der Waals surface area contributed by atoms with Crippen molar-refractivity contribution in [3.05, 3.63) is 47.8 Å². The molecule has 0 N–H and O–H groups in total. The molecular formula is C24H30N4O2S. The third-order valence-electron chi connectivity index (χ3n) is 6.43. The fourth-order valence-electron chi connectivity index (χ4n) is 4.97. The maximum Gasteiger partial charge on any atom is 0.160 e. The first-order chi connectivity index (χ1) is 15.2. The Kier molecular flexibility index (Phi) is 5.69. The van der Waals surface area contributed by atoms with Gasteiger partial charge >= 0.3 is 0 Å². The highest BCUT2D eigenvalue weighted by molar-refractivity contribution is 8.14. The maximum absolute atomic E-state index is 5.96. The molecule has 0 saturated carbocycles. The van der Waals surface area contributed by atoms with Crippen LogP contribution < -0.4 is 14.4 Å². The van der Waals surface area contributed by atoms with E-state index in [1.807, 2.05) is 30.1 Å². The van der Waals surface area contributed by atoms with Gasteiger partial charge in [0.15, 0.2) is 5.17 Å². The Morgan fingerprint density at radius 2 is 1.84 bits per heavy atom. The minimum absolute atomic E-state index is 0.0432. The summed E-state index contributed by atoms with van der Waals surface area (Å²) in [4.78, 5) is 14.6. The number of thioether (sulfide) groups is 1. The van der Waals surface area contributed by atoms with Gasteiger partial charge in [-0.25, -0.2) is 0 Å². The standard InChI is InChI=1S/C24H30N4O2S/c1-16-15-28-23(22(26-24(28)31-16)18-9-5-6-10-25-18)17-13-21(30-3)19(14-20(17)29-2)27-11-7-4-8-12-27/h5-6,9-10,13-14,16,22-23H,4,7-8,11-12,15H2,1-3H3/t16-,22+,23-/m1/s1. The summed E-state index contributed by atoms with van der Waals surface area (Å²) >= 11 is 1.85. The number of amidine groups is 1. The smallest absolute Gasteiger partial charge is 0.160 e. The summed E-state index contributed by atoms with van der Waals surface area (Å²) < 4.78 is 11.9. The van der Waals surface area contributed by atoms with E-state index >= 15 is 0 Å². The normalized spacial score (nSPS) is 25.4. The first-order valence-corrected chi connectivity index (χ1v) is 12.0. The largest absolute Gasteiger partial charge is 0.496 e. The molecule has 0 unspecified atom stereocenters. The number of pyridine rings is 1. The van der Waals surface area contributed by atoms with Crippen LogP contribution in [0.3, 0.4) is 0 Å². The number of piperidine rings is 1. The van der Waals surface area contributed by atoms with E-state index in [1.165, 1.54) is 19.3 Å². The molecule has 31 heavy (non-hydrogen) atoms. The van der Waals surface area contributed by atoms with Crippen LogP contribution in [0, 0.1) is 0 Å². The highest BCUT2D eigenvalue weighted by atomic mass is 32.2. The van der Waals surface area contributed by atoms with Crippen molar-refractivity contribution in [2.45, 2.75) is 43.5 Å². The molecule has 2 aromatic rings. The van der Waals surface area contributed by atoms with Crippen molar-refractivity contribution in [2.24, 2.45) is 4.99 Å². The van der Waals surface area contributed by atoms with Crippen molar-refractivity contribution in [1.82, 2.24) is 9.88 Å². The van der Waals surface area contributed by atoms with E-state index in [-0.39, 0.29) is 12.1 Å². The molecule has 0 radical (unpaired) electrons. The zero-order chi connectivity index (χ0) is 21.4. The van der Waals surface area contributed by atoms with E-state index in [9.17, 15) is 0 Å². The molecule has 0 spiro atoms. The Bertz CT molecular complexity index is 962. The fourth-order valence-corrected chi connectivity index (χ4v) is 6.07. The molecule has 1 aromatic carbocycles. The monoisotopic (exact) mass is 438 g/mol. The second-order valence-corrected chi connectivity index (χ2v) is 9.86. The number of benzene rings is 1. The lowest BCUT2D eigenvalue weighted by atomic mass is 9.94. The molecule has 1 aromatic heterocycles. The second-order valence-electron chi connectivity index (χ2n) is 8.45. The van der Waals surface area contributed by atoms with Crippen molar-refractivity contribution in [2.75, 3.05) is 38.8 Å². The molecule has 164 valence electrons. The summed E-state index contributed by atoms with van der Waals surface area (Å²) in [6.07, 6.45) is 5.59. The molecule has 0 bridgehead atoms. The van der Waals surface area contributed by atoms with Crippen LogP contribution in [-0.4, -0.2) is 54.2 Å². The number of methoxy groups -OCH3 is 2. The van der Waals surface area contributed by atoms with E-state index in [1.54, 1.807) is 14.2 Å². The van der Waals surface area contributed by atoms with Crippen molar-refractivity contribution in [3.63, 3.8) is 0 Å². The summed E-state index contributed by atoms with van der Waals surface area (Å²) in [5, 5.41) is 1.63. The van der Waals surface area contributed by atoms with Gasteiger partial charge in [0, 0.05) is 42.7 Å². The number of hydrogen-bond donors (Lipinski definition) is 0. The Morgan fingerprint density at radius 1 is 1.03 bits per heavy atom. The number of rotatable bonds is 5. The molecule has 4 heterocycles. The van der Waals surface area contributed by atoms with Gasteiger partial charge in [0.25, 0.3) is 0 Å². The average molecular weight is 439 g/mol. The van der Waals surface area contributed by atoms with Crippen LogP contribution in [0.1, 0.15) is 49.5 Å². The maximum atomic E-state index is 5.96. The van der Waals surface area contributed by atoms with Gasteiger partial charge in [-0.15, -0.1) is 0 Å². The van der Waals surface area contributed by atoms with Crippen LogP contribution in [0.4, 0.5) is 5.69 Å². The summed E-state index contributed by atoms with van der Waals surface area (Å²) in [6.45, 7) is 5.35. The lowest BCUT2D eigenvalue weighted by Crippen LogP contribution is -2.31. The van der Waals surface area contributed by atoms with Gasteiger partial charge in [-0.05, 0) is 37.5 Å². The molecule has 2 saturated heterocycles. The van der Waals surface area contributed by atoms with Crippen LogP contribution in [0.2, 0.25) is 0 Å². The first kappa shape index (κ1) is 20.5. The molecule has 6 nitrogen and oxygen atoms in total. The summed E-state index contributed by atoms with van der Waals surface area (Å²) in [5.41, 5.74) is 3.23. The highest BCUT2D eigenvalue weighted by Gasteiger charge is 2.45. The van der Waals surface area contributed by atoms with E-state index in [0.717, 1.165) is 53.2 Å². The van der Waals surface area contributed by atoms with Gasteiger partial charge < -0.3 is 19.3 Å². The second kappa shape index (κ2) is 8.61. The van der Waals surface area contributed by atoms with Crippen LogP contribution in [0.5, 0.6) is 11.5 Å². The lowest BCUT2D eigenvalue weighted by molar-refractivity contribution is 0.306. The fraction of sp³-hybridized carbons (Fsp3) is 0.500. The highest BCUT2D eigenvalue weighted by Crippen LogP contribution is 2.51. The lowest BCUT2D eigenvalue weighted by Gasteiger charge is -2.33. The predicted molar refractivity (Wildman–Crippen MR) is 127 cm³/mol. The van der Waals surface area contributed by atoms with Crippen molar-refractivity contribution in [1.29, 1.82) is 0 Å². The Morgan fingerprint density at radius 3 is 2.55 bits per heavy atom. The van der Waals surface area contributed by atoms with Gasteiger partial charge in [0.2, 0.25) is 0 Å². The van der Waals surface area contributed by atoms with E-state index < -0.39 is 0 Å². The molecular weight excluding hydrogens is 408 g/mol. The summed E-state index contributed by atoms with van der Waals surface area (Å²) in [6, 6.07) is 10.4. The molecule has 5 rings (SSSR count). The van der Waals surface area contributed by atoms with E-state index in [4.69, 9.17) is 14.5 Å². The number of anilines is 1. The zero-order valence-corrected chi connectivity index (χ0v) is 19.3. The van der Waals surface area contributed by atoms with Crippen LogP contribution >= 0.6 is 11.8 Å². The number of hydrogen-bond acceptors (Lipinski definition) is 7. The number of aliphatic imine (C=N–C) groups is 1. The molecule has 2 fully saturated rings. The van der Waals surface area contributed by atoms with Crippen molar-refractivity contribution >= 4 is 22.6 Å². The van der Waals surface area contributed by atoms with E-state index in [2.05, 4.69) is 39.9 Å². The molecule has 3 aliphatic heterocycles. The topological polar surface area (TPSA) is 50.2 Å². The number of ether oxygens (including phenoxy) is 2. The number of nitrogens with zero attached hydrogens (tertiary/aromatic N) is 4. The molecule has 0 amide bonds. The molecule has 3 atom stereocenters. The minimum atomic E-state index is -0.0596. The van der Waals surface area contributed by atoms with Gasteiger partial charge in [-0.1, -0.05) is 24.8 Å². The van der Waals surface area contributed by atoms with Crippen molar-refractivity contribution in [3.8, 4) is 11.5 Å². The van der Waals surface area contributed by atoms with E-state index in [0.29, 0.717) is 5.25 Å². The quantitative estimate of drug-likeness (QED) is 0.676. The van der Waals surface area contributed by atoms with Gasteiger partial charge in [0.1, 0.15) is 17.5 Å². The average Bonchev–Trinajstić information content (AvgIpc) is 3.35. The molecule has 3 aliphatic rings. The Labute approximate surface area is 188 Å². The Balaban J connectivity index is 1.59. The summed E-state index contributed by atoms with van der Waals surface area (Å²) in [7, 11) is 3.53. The van der Waals surface area contributed by atoms with Gasteiger partial charge in [-0.2, -0.15) is 0 Å². The van der Waals surface area contributed by atoms with Crippen LogP contribution in [-0.2, 0) is 0 Å². The van der Waals surface area contributed by atoms with Gasteiger partial charge in [-0.3, -0.25) is 9.98 Å². The third-order valence-corrected chi connectivity index (χ3v) is 7.53. The molecule has 0 aliphatic carbocycles. The summed E-state index contributed by atoms with van der Waals surface area (Å²) in [5.74, 6) is 1.80. The van der Waals surface area contributed by atoms with Crippen LogP contribution in [0.15, 0.2) is 41.5 Å². The predicted octanol–water partition coefficient (Wildman–Crippen LogP) is 4.68. The first-order valence-electron chi connectivity index (χ1n) is 11.1. The van der Waals surface area contributed by atoms with Crippen molar-refractivity contribution < 1.29 is 9.47 Å². The SMILES string of the molecule is COc1cc(N2CCCCC2)c(OC)cc1[C@@H]1[C@H](c2ccccn2)N=C2S[C@H](C)CN21. The zero-order valence-electron chi connectivity index (χ0n) is 18.5. The number of fused-ring (bicyclic) bond motifs is 1. The van der Waals surface area contributed by atoms with Crippen LogP contribution in [0.25, 0.3) is 0 Å². The number of aromatic nitrogens is 1. The minimum Gasteiger partial charge on any atom is -0.496 e. The van der Waals surface area contributed by atoms with Gasteiger partial charge in [0.05, 0.1) is 31.6 Å². The Hall–Kier alpha value is -2.41. The molecule has 7 heteroatoms.